The van der Waals surface area contributed by atoms with Crippen molar-refractivity contribution in [1.29, 1.82) is 0 Å². The van der Waals surface area contributed by atoms with Crippen LogP contribution in [-0.2, 0) is 0 Å². The van der Waals surface area contributed by atoms with E-state index < -0.39 is 0 Å². The molecule has 0 saturated heterocycles. The molecule has 0 amide bonds. The molecule has 0 spiro atoms. The normalized spacial score (nSPS) is 7.50. The van der Waals surface area contributed by atoms with Gasteiger partial charge in [0.1, 0.15) is 0 Å². The number of nitrogens with zero attached hydrogens (tertiary/aromatic N) is 2. The Labute approximate surface area is 97.4 Å². The van der Waals surface area contributed by atoms with Crippen molar-refractivity contribution in [3.63, 3.8) is 0 Å². The fraction of sp³-hybridized carbons (Fsp3) is 0. The molecule has 2 nitrogen and oxygen atoms in total. The molecule has 0 aliphatic rings. The summed E-state index contributed by atoms with van der Waals surface area (Å²) in [5, 5.41) is 3.78. The predicted octanol–water partition coefficient (Wildman–Crippen LogP) is -2.21. The van der Waals surface area contributed by atoms with Gasteiger partial charge in [0.05, 0.1) is 0 Å². The van der Waals surface area contributed by atoms with Crippen molar-refractivity contribution < 1.29 is 58.2 Å². The number of hydrogen-bond donors (Lipinski definition) is 0. The fourth-order valence-electron chi connectivity index (χ4n) is 0.343. The molecule has 36 valence electrons. The Hall–Kier alpha value is 0.755. The second kappa shape index (κ2) is 4.62. The van der Waals surface area contributed by atoms with Crippen LogP contribution in [0.3, 0.4) is 0 Å². The van der Waals surface area contributed by atoms with E-state index in [0.717, 1.165) is 0 Å². The SMILES string of the molecule is C=Cn1c[c-]cn1.[Rb+]. The van der Waals surface area contributed by atoms with Gasteiger partial charge >= 0.3 is 58.2 Å². The maximum absolute atomic E-state index is 3.78. The summed E-state index contributed by atoms with van der Waals surface area (Å²) in [7, 11) is 0. The van der Waals surface area contributed by atoms with Crippen molar-refractivity contribution >= 4 is 6.20 Å². The van der Waals surface area contributed by atoms with Crippen molar-refractivity contribution in [2.75, 3.05) is 0 Å². The molecule has 0 aromatic carbocycles. The summed E-state index contributed by atoms with van der Waals surface area (Å²) in [4.78, 5) is 0. The Morgan fingerprint density at radius 1 is 1.75 bits per heavy atom. The van der Waals surface area contributed by atoms with Crippen molar-refractivity contribution in [1.82, 2.24) is 9.78 Å². The first-order valence-corrected chi connectivity index (χ1v) is 1.96. The van der Waals surface area contributed by atoms with E-state index >= 15 is 0 Å². The molecule has 0 aliphatic carbocycles. The molecule has 3 heteroatoms. The van der Waals surface area contributed by atoms with Gasteiger partial charge in [0, 0.05) is 6.20 Å². The van der Waals surface area contributed by atoms with Gasteiger partial charge in [-0.15, -0.1) is 6.20 Å². The summed E-state index contributed by atoms with van der Waals surface area (Å²) in [5.74, 6) is 0. The molecule has 8 heavy (non-hydrogen) atoms. The Balaban J connectivity index is 0.000000490. The number of hydrogen-bond acceptors (Lipinski definition) is 1. The molecular weight excluding hydrogens is 174 g/mol. The van der Waals surface area contributed by atoms with Crippen molar-refractivity contribution in [3.05, 3.63) is 25.0 Å². The van der Waals surface area contributed by atoms with Crippen LogP contribution < -0.4 is 58.2 Å². The minimum absolute atomic E-state index is 0. The van der Waals surface area contributed by atoms with E-state index in [0.29, 0.717) is 0 Å². The molecule has 1 aromatic heterocycles. The Morgan fingerprint density at radius 3 is 2.75 bits per heavy atom. The first kappa shape index (κ1) is 8.76. The molecule has 0 saturated carbocycles. The molecular formula is C5H5N2Rb. The molecule has 0 unspecified atom stereocenters. The third kappa shape index (κ3) is 2.35. The number of rotatable bonds is 1. The quantitative estimate of drug-likeness (QED) is 0.446. The maximum Gasteiger partial charge on any atom is 1.00 e. The Morgan fingerprint density at radius 2 is 2.50 bits per heavy atom. The smallest absolute Gasteiger partial charge is 0.432 e. The molecule has 1 aromatic rings. The van der Waals surface area contributed by atoms with Gasteiger partial charge < -0.3 is 6.07 Å². The van der Waals surface area contributed by atoms with Crippen LogP contribution in [0.2, 0.25) is 0 Å². The minimum Gasteiger partial charge on any atom is -0.432 e. The van der Waals surface area contributed by atoms with E-state index in [-0.39, 0.29) is 58.2 Å². The second-order valence-corrected chi connectivity index (χ2v) is 1.10. The predicted molar refractivity (Wildman–Crippen MR) is 27.4 cm³/mol. The zero-order chi connectivity index (χ0) is 5.11. The van der Waals surface area contributed by atoms with Gasteiger partial charge in [0.15, 0.2) is 0 Å². The van der Waals surface area contributed by atoms with E-state index in [1.807, 2.05) is 0 Å². The molecule has 1 rings (SSSR count). The van der Waals surface area contributed by atoms with Gasteiger partial charge in [-0.2, -0.15) is 6.20 Å². The largest absolute Gasteiger partial charge is 1.00 e. The molecule has 0 N–H and O–H groups in total. The van der Waals surface area contributed by atoms with Gasteiger partial charge in [0.2, 0.25) is 0 Å². The average molecular weight is 179 g/mol. The van der Waals surface area contributed by atoms with Crippen LogP contribution in [0.15, 0.2) is 19.0 Å². The van der Waals surface area contributed by atoms with Crippen LogP contribution in [0.25, 0.3) is 6.20 Å². The maximum atomic E-state index is 3.78. The van der Waals surface area contributed by atoms with Crippen molar-refractivity contribution in [2.24, 2.45) is 0 Å². The monoisotopic (exact) mass is 178 g/mol. The summed E-state index contributed by atoms with van der Waals surface area (Å²) in [6, 6.07) is 2.76. The number of aromatic nitrogens is 2. The molecule has 0 fully saturated rings. The van der Waals surface area contributed by atoms with Gasteiger partial charge in [-0.1, -0.05) is 6.58 Å². The topological polar surface area (TPSA) is 17.8 Å². The summed E-state index contributed by atoms with van der Waals surface area (Å²) in [5.41, 5.74) is 0. The van der Waals surface area contributed by atoms with Crippen LogP contribution in [0, 0.1) is 6.07 Å². The molecule has 0 radical (unpaired) electrons. The van der Waals surface area contributed by atoms with Crippen LogP contribution in [0.1, 0.15) is 0 Å². The van der Waals surface area contributed by atoms with Gasteiger partial charge in [0.25, 0.3) is 0 Å². The van der Waals surface area contributed by atoms with E-state index in [2.05, 4.69) is 17.7 Å². The van der Waals surface area contributed by atoms with E-state index in [1.165, 1.54) is 0 Å². The first-order chi connectivity index (χ1) is 3.43. The van der Waals surface area contributed by atoms with E-state index in [4.69, 9.17) is 0 Å². The van der Waals surface area contributed by atoms with Crippen LogP contribution in [-0.4, -0.2) is 9.78 Å². The van der Waals surface area contributed by atoms with Gasteiger partial charge in [-0.05, 0) is 0 Å². The second-order valence-electron chi connectivity index (χ2n) is 1.10. The minimum atomic E-state index is 0. The van der Waals surface area contributed by atoms with Crippen LogP contribution in [0.5, 0.6) is 0 Å². The molecule has 0 aliphatic heterocycles. The zero-order valence-electron chi connectivity index (χ0n) is 4.83. The van der Waals surface area contributed by atoms with Gasteiger partial charge in [-0.25, -0.2) is 5.10 Å². The summed E-state index contributed by atoms with van der Waals surface area (Å²) in [6.45, 7) is 3.48. The summed E-state index contributed by atoms with van der Waals surface area (Å²) < 4.78 is 1.58. The summed E-state index contributed by atoms with van der Waals surface area (Å²) in [6.07, 6.45) is 4.89. The van der Waals surface area contributed by atoms with Crippen molar-refractivity contribution in [2.45, 2.75) is 0 Å². The van der Waals surface area contributed by atoms with E-state index in [9.17, 15) is 0 Å². The average Bonchev–Trinajstić information content (AvgIpc) is 2.14. The van der Waals surface area contributed by atoms with E-state index in [1.54, 1.807) is 23.3 Å². The standard InChI is InChI=1S/C5H5N2.Rb/c1-2-7-5-3-4-6-7;/h2,4-5H,1H2;/q-1;+1. The van der Waals surface area contributed by atoms with Gasteiger partial charge in [-0.3, -0.25) is 4.68 Å². The molecule has 1 heterocycles. The third-order valence-corrected chi connectivity index (χ3v) is 0.659. The van der Waals surface area contributed by atoms with Crippen molar-refractivity contribution in [3.8, 4) is 0 Å². The third-order valence-electron chi connectivity index (χ3n) is 0.659. The fourth-order valence-corrected chi connectivity index (χ4v) is 0.343. The Kier molecular flexibility index (Phi) is 5.05. The zero-order valence-corrected chi connectivity index (χ0v) is 9.75. The van der Waals surface area contributed by atoms with Crippen LogP contribution in [0.4, 0.5) is 0 Å². The first-order valence-electron chi connectivity index (χ1n) is 1.96. The molecule has 0 atom stereocenters. The van der Waals surface area contributed by atoms with Crippen LogP contribution >= 0.6 is 0 Å². The molecule has 0 bridgehead atoms. The Bertz CT molecular complexity index is 145. The summed E-state index contributed by atoms with van der Waals surface area (Å²) >= 11 is 0.